The van der Waals surface area contributed by atoms with E-state index in [9.17, 15) is 4.79 Å². The molecule has 14 heavy (non-hydrogen) atoms. The molecule has 76 valence electrons. The third-order valence-electron chi connectivity index (χ3n) is 1.81. The lowest BCUT2D eigenvalue weighted by atomic mass is 10.1. The van der Waals surface area contributed by atoms with Crippen LogP contribution < -0.4 is 0 Å². The summed E-state index contributed by atoms with van der Waals surface area (Å²) in [5.41, 5.74) is 1.29. The maximum atomic E-state index is 10.3. The van der Waals surface area contributed by atoms with Crippen molar-refractivity contribution >= 4 is 16.8 Å². The molecule has 1 aromatic carbocycles. The SMILES string of the molecule is O=C(Cl)COCCCc1ccccc1. The molecular formula is C11H13ClO2. The summed E-state index contributed by atoms with van der Waals surface area (Å²) in [6, 6.07) is 10.2. The molecule has 0 aliphatic rings. The van der Waals surface area contributed by atoms with Crippen LogP contribution in [0.1, 0.15) is 12.0 Å². The van der Waals surface area contributed by atoms with Gasteiger partial charge in [-0.1, -0.05) is 30.3 Å². The van der Waals surface area contributed by atoms with E-state index < -0.39 is 5.24 Å². The molecule has 0 aliphatic heterocycles. The second-order valence-corrected chi connectivity index (χ2v) is 3.42. The van der Waals surface area contributed by atoms with Crippen molar-refractivity contribution in [3.63, 3.8) is 0 Å². The van der Waals surface area contributed by atoms with Crippen LogP contribution in [0.25, 0.3) is 0 Å². The van der Waals surface area contributed by atoms with Gasteiger partial charge >= 0.3 is 0 Å². The van der Waals surface area contributed by atoms with Crippen molar-refractivity contribution in [3.8, 4) is 0 Å². The van der Waals surface area contributed by atoms with Crippen molar-refractivity contribution in [2.24, 2.45) is 0 Å². The Morgan fingerprint density at radius 3 is 2.64 bits per heavy atom. The first kappa shape index (κ1) is 11.2. The molecule has 3 heteroatoms. The predicted molar refractivity (Wildman–Crippen MR) is 56.4 cm³/mol. The van der Waals surface area contributed by atoms with Crippen molar-refractivity contribution in [3.05, 3.63) is 35.9 Å². The molecule has 0 heterocycles. The van der Waals surface area contributed by atoms with Gasteiger partial charge in [-0.15, -0.1) is 0 Å². The molecule has 1 aromatic rings. The molecule has 0 saturated heterocycles. The Labute approximate surface area is 88.8 Å². The molecule has 0 saturated carbocycles. The average Bonchev–Trinajstić information content (AvgIpc) is 2.18. The van der Waals surface area contributed by atoms with Crippen LogP contribution in [0.2, 0.25) is 0 Å². The van der Waals surface area contributed by atoms with Crippen LogP contribution in [0.5, 0.6) is 0 Å². The Balaban J connectivity index is 2.08. The average molecular weight is 213 g/mol. The largest absolute Gasteiger partial charge is 0.372 e. The number of aryl methyl sites for hydroxylation is 1. The topological polar surface area (TPSA) is 26.3 Å². The molecule has 0 N–H and O–H groups in total. The van der Waals surface area contributed by atoms with Crippen molar-refractivity contribution in [1.29, 1.82) is 0 Å². The van der Waals surface area contributed by atoms with Gasteiger partial charge in [-0.25, -0.2) is 0 Å². The van der Waals surface area contributed by atoms with Crippen molar-refractivity contribution in [1.82, 2.24) is 0 Å². The van der Waals surface area contributed by atoms with Gasteiger partial charge in [-0.2, -0.15) is 0 Å². The lowest BCUT2D eigenvalue weighted by Crippen LogP contribution is -2.03. The van der Waals surface area contributed by atoms with Crippen LogP contribution in [0.15, 0.2) is 30.3 Å². The molecule has 0 aliphatic carbocycles. The Kier molecular flexibility index (Phi) is 5.27. The van der Waals surface area contributed by atoms with Crippen LogP contribution in [0, 0.1) is 0 Å². The van der Waals surface area contributed by atoms with E-state index in [0.29, 0.717) is 6.61 Å². The van der Waals surface area contributed by atoms with E-state index in [1.165, 1.54) is 5.56 Å². The highest BCUT2D eigenvalue weighted by atomic mass is 35.5. The first-order valence-electron chi connectivity index (χ1n) is 4.59. The third kappa shape index (κ3) is 5.00. The van der Waals surface area contributed by atoms with E-state index in [2.05, 4.69) is 12.1 Å². The number of hydrogen-bond acceptors (Lipinski definition) is 2. The zero-order valence-corrected chi connectivity index (χ0v) is 8.67. The maximum absolute atomic E-state index is 10.3. The fraction of sp³-hybridized carbons (Fsp3) is 0.364. The molecule has 2 nitrogen and oxygen atoms in total. The Morgan fingerprint density at radius 2 is 2.00 bits per heavy atom. The van der Waals surface area contributed by atoms with Crippen LogP contribution in [-0.4, -0.2) is 18.5 Å². The maximum Gasteiger partial charge on any atom is 0.247 e. The standard InChI is InChI=1S/C11H13ClO2/c12-11(13)9-14-8-4-7-10-5-2-1-3-6-10/h1-3,5-6H,4,7-9H2. The van der Waals surface area contributed by atoms with Gasteiger partial charge in [0, 0.05) is 6.61 Å². The summed E-state index contributed by atoms with van der Waals surface area (Å²) in [6.45, 7) is 0.587. The fourth-order valence-corrected chi connectivity index (χ4v) is 1.25. The van der Waals surface area contributed by atoms with Gasteiger partial charge in [0.15, 0.2) is 0 Å². The van der Waals surface area contributed by atoms with Crippen molar-refractivity contribution in [2.75, 3.05) is 13.2 Å². The third-order valence-corrected chi connectivity index (χ3v) is 1.92. The first-order chi connectivity index (χ1) is 6.79. The Morgan fingerprint density at radius 1 is 1.29 bits per heavy atom. The summed E-state index contributed by atoms with van der Waals surface area (Å²) in [6.07, 6.45) is 1.88. The molecular weight excluding hydrogens is 200 g/mol. The van der Waals surface area contributed by atoms with E-state index >= 15 is 0 Å². The van der Waals surface area contributed by atoms with Gasteiger partial charge < -0.3 is 4.74 Å². The molecule has 0 radical (unpaired) electrons. The van der Waals surface area contributed by atoms with Gasteiger partial charge in [0.2, 0.25) is 5.24 Å². The molecule has 0 unspecified atom stereocenters. The van der Waals surface area contributed by atoms with Gasteiger partial charge in [0.05, 0.1) is 0 Å². The van der Waals surface area contributed by atoms with E-state index in [1.54, 1.807) is 0 Å². The zero-order valence-electron chi connectivity index (χ0n) is 7.91. The van der Waals surface area contributed by atoms with Crippen LogP contribution in [0.3, 0.4) is 0 Å². The quantitative estimate of drug-likeness (QED) is 0.535. The minimum absolute atomic E-state index is 0.0103. The van der Waals surface area contributed by atoms with Crippen LogP contribution in [-0.2, 0) is 16.0 Å². The van der Waals surface area contributed by atoms with E-state index in [1.807, 2.05) is 18.2 Å². The second kappa shape index (κ2) is 6.57. The molecule has 0 fully saturated rings. The van der Waals surface area contributed by atoms with E-state index in [0.717, 1.165) is 12.8 Å². The zero-order chi connectivity index (χ0) is 10.2. The lowest BCUT2D eigenvalue weighted by Gasteiger charge is -2.01. The fourth-order valence-electron chi connectivity index (χ4n) is 1.18. The molecule has 0 atom stereocenters. The number of rotatable bonds is 6. The highest BCUT2D eigenvalue weighted by Crippen LogP contribution is 2.02. The predicted octanol–water partition coefficient (Wildman–Crippen LogP) is 2.40. The minimum Gasteiger partial charge on any atom is -0.372 e. The number of halogens is 1. The summed E-state index contributed by atoms with van der Waals surface area (Å²) >= 11 is 5.11. The molecule has 0 amide bonds. The number of benzene rings is 1. The van der Waals surface area contributed by atoms with Crippen molar-refractivity contribution < 1.29 is 9.53 Å². The Hall–Kier alpha value is -0.860. The summed E-state index contributed by atoms with van der Waals surface area (Å²) in [5.74, 6) is 0. The van der Waals surface area contributed by atoms with Gasteiger partial charge in [0.1, 0.15) is 6.61 Å². The van der Waals surface area contributed by atoms with Crippen molar-refractivity contribution in [2.45, 2.75) is 12.8 Å². The molecule has 0 bridgehead atoms. The minimum atomic E-state index is -0.440. The Bertz CT molecular complexity index is 272. The van der Waals surface area contributed by atoms with Crippen LogP contribution >= 0.6 is 11.6 Å². The summed E-state index contributed by atoms with van der Waals surface area (Å²) in [5, 5.41) is -0.440. The molecule has 0 spiro atoms. The highest BCUT2D eigenvalue weighted by Gasteiger charge is 1.96. The monoisotopic (exact) mass is 212 g/mol. The summed E-state index contributed by atoms with van der Waals surface area (Å²) in [7, 11) is 0. The van der Waals surface area contributed by atoms with Crippen LogP contribution in [0.4, 0.5) is 0 Å². The smallest absolute Gasteiger partial charge is 0.247 e. The number of ether oxygens (including phenoxy) is 1. The molecule has 1 rings (SSSR count). The second-order valence-electron chi connectivity index (χ2n) is 3.00. The summed E-state index contributed by atoms with van der Waals surface area (Å²) < 4.78 is 5.04. The summed E-state index contributed by atoms with van der Waals surface area (Å²) in [4.78, 5) is 10.3. The number of carbonyl (C=O) groups is 1. The first-order valence-corrected chi connectivity index (χ1v) is 4.97. The lowest BCUT2D eigenvalue weighted by molar-refractivity contribution is -0.115. The van der Waals surface area contributed by atoms with Gasteiger partial charge in [0.25, 0.3) is 0 Å². The normalized spacial score (nSPS) is 10.1. The van der Waals surface area contributed by atoms with E-state index in [4.69, 9.17) is 16.3 Å². The number of carbonyl (C=O) groups excluding carboxylic acids is 1. The van der Waals surface area contributed by atoms with Gasteiger partial charge in [-0.3, -0.25) is 4.79 Å². The van der Waals surface area contributed by atoms with E-state index in [-0.39, 0.29) is 6.61 Å². The highest BCUT2D eigenvalue weighted by molar-refractivity contribution is 6.63. The van der Waals surface area contributed by atoms with Gasteiger partial charge in [-0.05, 0) is 30.0 Å². The molecule has 0 aromatic heterocycles. The number of hydrogen-bond donors (Lipinski definition) is 0.